The molecule has 0 aliphatic carbocycles. The third kappa shape index (κ3) is 2.37. The Hall–Kier alpha value is -2.67. The highest BCUT2D eigenvalue weighted by atomic mass is 16.4. The minimum Gasteiger partial charge on any atom is -0.480 e. The van der Waals surface area contributed by atoms with Crippen molar-refractivity contribution in [2.75, 3.05) is 0 Å². The number of hydrogen-bond donors (Lipinski definition) is 3. The van der Waals surface area contributed by atoms with Crippen LogP contribution in [0.15, 0.2) is 18.5 Å². The van der Waals surface area contributed by atoms with Gasteiger partial charge in [0.2, 0.25) is 0 Å². The fraction of sp³-hybridized carbons (Fsp3) is 0.353. The second-order valence-corrected chi connectivity index (χ2v) is 6.38. The number of carboxylic acid groups (broad SMARTS) is 1. The number of benzene rings is 1. The zero-order valence-corrected chi connectivity index (χ0v) is 13.6. The summed E-state index contributed by atoms with van der Waals surface area (Å²) in [7, 11) is 0. The Morgan fingerprint density at radius 2 is 2.25 bits per heavy atom. The summed E-state index contributed by atoms with van der Waals surface area (Å²) in [5, 5.41) is 9.56. The number of H-pyrrole nitrogens is 2. The standard InChI is InChI=1S/C17H19N5O2/c1-9-3-4-11-16(10(9)2)21-15(20-11)7-22-6-13-12(18-8-19-13)5-14(22)17(23)24/h3-4,8,14H,5-7H2,1-2H3,(H,18,19)(H,20,21)(H,23,24)/t14-/m0/s1. The molecule has 0 radical (unpaired) electrons. The van der Waals surface area contributed by atoms with Crippen LogP contribution in [-0.2, 0) is 24.3 Å². The highest BCUT2D eigenvalue weighted by Gasteiger charge is 2.33. The fourth-order valence-corrected chi connectivity index (χ4v) is 3.33. The molecule has 0 fully saturated rings. The lowest BCUT2D eigenvalue weighted by Crippen LogP contribution is -2.45. The van der Waals surface area contributed by atoms with E-state index in [1.54, 1.807) is 6.33 Å². The van der Waals surface area contributed by atoms with Gasteiger partial charge in [0.15, 0.2) is 0 Å². The molecule has 1 aliphatic heterocycles. The first-order chi connectivity index (χ1) is 11.5. The van der Waals surface area contributed by atoms with Crippen molar-refractivity contribution in [1.29, 1.82) is 0 Å². The van der Waals surface area contributed by atoms with Gasteiger partial charge >= 0.3 is 5.97 Å². The van der Waals surface area contributed by atoms with Crippen molar-refractivity contribution in [3.63, 3.8) is 0 Å². The first-order valence-corrected chi connectivity index (χ1v) is 7.95. The van der Waals surface area contributed by atoms with Crippen molar-refractivity contribution in [3.05, 3.63) is 46.8 Å². The Bertz CT molecular complexity index is 926. The molecule has 124 valence electrons. The Morgan fingerprint density at radius 1 is 1.42 bits per heavy atom. The largest absolute Gasteiger partial charge is 0.480 e. The quantitative estimate of drug-likeness (QED) is 0.683. The van der Waals surface area contributed by atoms with Crippen LogP contribution in [0.2, 0.25) is 0 Å². The van der Waals surface area contributed by atoms with Crippen LogP contribution in [0, 0.1) is 13.8 Å². The molecular formula is C17H19N5O2. The van der Waals surface area contributed by atoms with E-state index in [0.29, 0.717) is 19.5 Å². The Morgan fingerprint density at radius 3 is 3.04 bits per heavy atom. The average molecular weight is 325 g/mol. The molecule has 0 unspecified atom stereocenters. The van der Waals surface area contributed by atoms with Crippen LogP contribution in [0.3, 0.4) is 0 Å². The lowest BCUT2D eigenvalue weighted by molar-refractivity contribution is -0.144. The number of carboxylic acids is 1. The molecule has 0 bridgehead atoms. The van der Waals surface area contributed by atoms with E-state index in [9.17, 15) is 9.90 Å². The summed E-state index contributed by atoms with van der Waals surface area (Å²) >= 11 is 0. The number of nitrogens with one attached hydrogen (secondary N) is 2. The summed E-state index contributed by atoms with van der Waals surface area (Å²) in [5.74, 6) is -0.0419. The molecule has 0 saturated heterocycles. The van der Waals surface area contributed by atoms with Crippen LogP contribution in [0.4, 0.5) is 0 Å². The Balaban J connectivity index is 1.66. The monoisotopic (exact) mass is 325 g/mol. The molecule has 7 nitrogen and oxygen atoms in total. The number of aromatic amines is 2. The second kappa shape index (κ2) is 5.45. The summed E-state index contributed by atoms with van der Waals surface area (Å²) in [6.07, 6.45) is 2.03. The molecule has 0 saturated carbocycles. The summed E-state index contributed by atoms with van der Waals surface area (Å²) < 4.78 is 0. The van der Waals surface area contributed by atoms with E-state index in [-0.39, 0.29) is 0 Å². The second-order valence-electron chi connectivity index (χ2n) is 6.38. The van der Waals surface area contributed by atoms with E-state index in [1.807, 2.05) is 11.0 Å². The van der Waals surface area contributed by atoms with Gasteiger partial charge < -0.3 is 15.1 Å². The van der Waals surface area contributed by atoms with E-state index < -0.39 is 12.0 Å². The van der Waals surface area contributed by atoms with Gasteiger partial charge in [-0.2, -0.15) is 0 Å². The summed E-state index contributed by atoms with van der Waals surface area (Å²) in [6.45, 7) is 5.11. The molecule has 0 spiro atoms. The van der Waals surface area contributed by atoms with E-state index in [4.69, 9.17) is 0 Å². The van der Waals surface area contributed by atoms with Gasteiger partial charge in [0.05, 0.1) is 35.3 Å². The summed E-state index contributed by atoms with van der Waals surface area (Å²) in [5.41, 5.74) is 6.11. The molecule has 7 heteroatoms. The van der Waals surface area contributed by atoms with Crippen LogP contribution in [0.5, 0.6) is 0 Å². The first kappa shape index (κ1) is 14.9. The molecule has 4 rings (SSSR count). The van der Waals surface area contributed by atoms with Gasteiger partial charge in [0.25, 0.3) is 0 Å². The van der Waals surface area contributed by atoms with Crippen LogP contribution in [0.1, 0.15) is 28.3 Å². The number of aromatic nitrogens is 4. The zero-order valence-electron chi connectivity index (χ0n) is 13.6. The van der Waals surface area contributed by atoms with Crippen molar-refractivity contribution < 1.29 is 9.90 Å². The maximum absolute atomic E-state index is 11.6. The van der Waals surface area contributed by atoms with Gasteiger partial charge in [0.1, 0.15) is 11.9 Å². The predicted molar refractivity (Wildman–Crippen MR) is 88.5 cm³/mol. The number of aryl methyl sites for hydroxylation is 2. The number of aliphatic carboxylic acids is 1. The third-order valence-electron chi connectivity index (χ3n) is 4.86. The van der Waals surface area contributed by atoms with Gasteiger partial charge in [-0.3, -0.25) is 9.69 Å². The van der Waals surface area contributed by atoms with E-state index in [2.05, 4.69) is 39.8 Å². The SMILES string of the molecule is Cc1ccc2[nH]c(CN3Cc4[nH]cnc4C[C@H]3C(=O)O)nc2c1C. The van der Waals surface area contributed by atoms with Gasteiger partial charge in [-0.05, 0) is 31.0 Å². The van der Waals surface area contributed by atoms with Crippen molar-refractivity contribution in [3.8, 4) is 0 Å². The maximum atomic E-state index is 11.6. The Kier molecular flexibility index (Phi) is 3.38. The normalized spacial score (nSPS) is 18.0. The maximum Gasteiger partial charge on any atom is 0.321 e. The molecule has 1 aromatic carbocycles. The lowest BCUT2D eigenvalue weighted by Gasteiger charge is -2.31. The van der Waals surface area contributed by atoms with Gasteiger partial charge in [0, 0.05) is 13.0 Å². The highest BCUT2D eigenvalue weighted by Crippen LogP contribution is 2.24. The highest BCUT2D eigenvalue weighted by molar-refractivity contribution is 5.80. The molecule has 1 aliphatic rings. The van der Waals surface area contributed by atoms with Gasteiger partial charge in [-0.25, -0.2) is 9.97 Å². The molecule has 3 aromatic rings. The summed E-state index contributed by atoms with van der Waals surface area (Å²) in [6, 6.07) is 3.50. The molecule has 24 heavy (non-hydrogen) atoms. The van der Waals surface area contributed by atoms with Crippen LogP contribution < -0.4 is 0 Å². The number of nitrogens with zero attached hydrogens (tertiary/aromatic N) is 3. The zero-order chi connectivity index (χ0) is 16.8. The fourth-order valence-electron chi connectivity index (χ4n) is 3.33. The van der Waals surface area contributed by atoms with Crippen LogP contribution in [-0.4, -0.2) is 42.0 Å². The van der Waals surface area contributed by atoms with E-state index in [0.717, 1.165) is 33.8 Å². The topological polar surface area (TPSA) is 97.9 Å². The molecule has 0 amide bonds. The van der Waals surface area contributed by atoms with Crippen molar-refractivity contribution in [1.82, 2.24) is 24.8 Å². The Labute approximate surface area is 138 Å². The van der Waals surface area contributed by atoms with Crippen molar-refractivity contribution in [2.45, 2.75) is 39.4 Å². The number of hydrogen-bond acceptors (Lipinski definition) is 4. The first-order valence-electron chi connectivity index (χ1n) is 7.95. The minimum atomic E-state index is -0.827. The number of fused-ring (bicyclic) bond motifs is 2. The van der Waals surface area contributed by atoms with Gasteiger partial charge in [-0.15, -0.1) is 0 Å². The lowest BCUT2D eigenvalue weighted by atomic mass is 10.0. The van der Waals surface area contributed by atoms with Crippen molar-refractivity contribution >= 4 is 17.0 Å². The molecule has 3 N–H and O–H groups in total. The molecular weight excluding hydrogens is 306 g/mol. The van der Waals surface area contributed by atoms with Gasteiger partial charge in [-0.1, -0.05) is 6.07 Å². The smallest absolute Gasteiger partial charge is 0.321 e. The summed E-state index contributed by atoms with van der Waals surface area (Å²) in [4.78, 5) is 28.9. The average Bonchev–Trinajstić information content (AvgIpc) is 3.16. The van der Waals surface area contributed by atoms with E-state index in [1.165, 1.54) is 5.56 Å². The number of carbonyl (C=O) groups is 1. The molecule has 2 aromatic heterocycles. The molecule has 3 heterocycles. The predicted octanol–water partition coefficient (Wildman–Crippen LogP) is 1.91. The number of imidazole rings is 2. The molecule has 1 atom stereocenters. The number of rotatable bonds is 3. The van der Waals surface area contributed by atoms with Crippen LogP contribution in [0.25, 0.3) is 11.0 Å². The van der Waals surface area contributed by atoms with Crippen LogP contribution >= 0.6 is 0 Å². The minimum absolute atomic E-state index is 0.409. The third-order valence-corrected chi connectivity index (χ3v) is 4.86. The van der Waals surface area contributed by atoms with E-state index >= 15 is 0 Å². The van der Waals surface area contributed by atoms with Crippen molar-refractivity contribution in [2.24, 2.45) is 0 Å².